The predicted molar refractivity (Wildman–Crippen MR) is 108 cm³/mol. The monoisotopic (exact) mass is 440 g/mol. The number of fused-ring (bicyclic) bond motifs is 1. The van der Waals surface area contributed by atoms with Gasteiger partial charge in [0.15, 0.2) is 15.0 Å². The number of urea groups is 1. The van der Waals surface area contributed by atoms with Crippen LogP contribution in [0, 0.1) is 5.82 Å². The highest BCUT2D eigenvalue weighted by molar-refractivity contribution is 7.91. The van der Waals surface area contributed by atoms with E-state index in [0.717, 1.165) is 12.8 Å². The number of piperidine rings is 1. The lowest BCUT2D eigenvalue weighted by molar-refractivity contribution is -0.121. The first-order chi connectivity index (χ1) is 13.8. The number of amides is 3. The molecule has 3 amide bonds. The van der Waals surface area contributed by atoms with Gasteiger partial charge in [-0.15, -0.1) is 0 Å². The lowest BCUT2D eigenvalue weighted by Gasteiger charge is -2.39. The number of likely N-dealkylation sites (tertiary alicyclic amines) is 1. The van der Waals surface area contributed by atoms with Gasteiger partial charge < -0.3 is 15.1 Å². The maximum atomic E-state index is 13.4. The molecule has 8 nitrogen and oxygen atoms in total. The van der Waals surface area contributed by atoms with E-state index in [9.17, 15) is 22.4 Å². The Morgan fingerprint density at radius 1 is 1.17 bits per heavy atom. The molecule has 1 aromatic carbocycles. The first kappa shape index (κ1) is 20.0. The number of hydrogen-bond acceptors (Lipinski definition) is 6. The SMILES string of the molecule is O=C(Nc1nc2ccc(F)cc2s1)[C@@H]1CCCCN1C(=O)N1CCS(=O)(=O)CC1. The number of halogens is 1. The van der Waals surface area contributed by atoms with Gasteiger partial charge >= 0.3 is 6.03 Å². The summed E-state index contributed by atoms with van der Waals surface area (Å²) in [5, 5.41) is 3.12. The van der Waals surface area contributed by atoms with E-state index in [1.807, 2.05) is 0 Å². The van der Waals surface area contributed by atoms with Gasteiger partial charge in [0, 0.05) is 19.6 Å². The Kier molecular flexibility index (Phi) is 5.43. The summed E-state index contributed by atoms with van der Waals surface area (Å²) in [5.74, 6) is -0.800. The molecule has 4 rings (SSSR count). The molecule has 2 aliphatic heterocycles. The molecule has 0 radical (unpaired) electrons. The molecule has 0 aliphatic carbocycles. The van der Waals surface area contributed by atoms with Crippen molar-refractivity contribution in [2.75, 3.05) is 36.5 Å². The summed E-state index contributed by atoms with van der Waals surface area (Å²) in [6.45, 7) is 0.746. The van der Waals surface area contributed by atoms with E-state index in [1.165, 1.54) is 33.3 Å². The molecule has 1 N–H and O–H groups in total. The van der Waals surface area contributed by atoms with Crippen LogP contribution in [0.15, 0.2) is 18.2 Å². The minimum atomic E-state index is -3.09. The highest BCUT2D eigenvalue weighted by Crippen LogP contribution is 2.28. The fourth-order valence-electron chi connectivity index (χ4n) is 3.66. The van der Waals surface area contributed by atoms with Crippen LogP contribution >= 0.6 is 11.3 Å². The first-order valence-electron chi connectivity index (χ1n) is 9.45. The Morgan fingerprint density at radius 3 is 2.69 bits per heavy atom. The van der Waals surface area contributed by atoms with Gasteiger partial charge in [0.1, 0.15) is 11.9 Å². The van der Waals surface area contributed by atoms with Gasteiger partial charge in [-0.25, -0.2) is 22.6 Å². The predicted octanol–water partition coefficient (Wildman–Crippen LogP) is 2.08. The zero-order valence-electron chi connectivity index (χ0n) is 15.6. The summed E-state index contributed by atoms with van der Waals surface area (Å²) < 4.78 is 37.2. The Morgan fingerprint density at radius 2 is 1.93 bits per heavy atom. The molecule has 1 atom stereocenters. The van der Waals surface area contributed by atoms with Crippen molar-refractivity contribution in [2.24, 2.45) is 0 Å². The average molecular weight is 441 g/mol. The van der Waals surface area contributed by atoms with Gasteiger partial charge in [-0.05, 0) is 37.5 Å². The van der Waals surface area contributed by atoms with Crippen LogP contribution in [0.1, 0.15) is 19.3 Å². The molecule has 2 fully saturated rings. The molecule has 0 bridgehead atoms. The molecule has 3 heterocycles. The number of rotatable bonds is 2. The molecular formula is C18H21FN4O4S2. The minimum absolute atomic E-state index is 0.0499. The summed E-state index contributed by atoms with van der Waals surface area (Å²) in [7, 11) is -3.09. The molecule has 2 aliphatic rings. The second-order valence-corrected chi connectivity index (χ2v) is 10.6. The largest absolute Gasteiger partial charge is 0.323 e. The van der Waals surface area contributed by atoms with Crippen molar-refractivity contribution >= 4 is 48.5 Å². The second kappa shape index (κ2) is 7.86. The lowest BCUT2D eigenvalue weighted by Crippen LogP contribution is -2.56. The van der Waals surface area contributed by atoms with Crippen LogP contribution in [-0.4, -0.2) is 72.3 Å². The van der Waals surface area contributed by atoms with Crippen LogP contribution < -0.4 is 5.32 Å². The van der Waals surface area contributed by atoms with E-state index in [1.54, 1.807) is 6.07 Å². The summed E-state index contributed by atoms with van der Waals surface area (Å²) in [4.78, 5) is 33.2. The number of nitrogens with zero attached hydrogens (tertiary/aromatic N) is 3. The van der Waals surface area contributed by atoms with E-state index in [0.29, 0.717) is 28.3 Å². The maximum Gasteiger partial charge on any atom is 0.320 e. The molecule has 2 aromatic rings. The van der Waals surface area contributed by atoms with Gasteiger partial charge in [0.2, 0.25) is 5.91 Å². The van der Waals surface area contributed by atoms with E-state index >= 15 is 0 Å². The van der Waals surface area contributed by atoms with Gasteiger partial charge in [-0.2, -0.15) is 0 Å². The highest BCUT2D eigenvalue weighted by atomic mass is 32.2. The molecular weight excluding hydrogens is 419 g/mol. The normalized spacial score (nSPS) is 21.9. The minimum Gasteiger partial charge on any atom is -0.323 e. The van der Waals surface area contributed by atoms with Crippen molar-refractivity contribution in [1.29, 1.82) is 0 Å². The number of aromatic nitrogens is 1. The number of benzene rings is 1. The standard InChI is InChI=1S/C18H21FN4O4S2/c19-12-4-5-13-15(11-12)28-17(20-13)21-16(24)14-3-1-2-6-23(14)18(25)22-7-9-29(26,27)10-8-22/h4-5,11,14H,1-3,6-10H2,(H,20,21,24)/t14-/m0/s1. The molecule has 0 unspecified atom stereocenters. The van der Waals surface area contributed by atoms with Crippen molar-refractivity contribution < 1.29 is 22.4 Å². The summed E-state index contributed by atoms with van der Waals surface area (Å²) in [5.41, 5.74) is 0.595. The molecule has 29 heavy (non-hydrogen) atoms. The quantitative estimate of drug-likeness (QED) is 0.771. The van der Waals surface area contributed by atoms with E-state index in [-0.39, 0.29) is 42.4 Å². The van der Waals surface area contributed by atoms with Crippen LogP contribution in [0.3, 0.4) is 0 Å². The van der Waals surface area contributed by atoms with Crippen LogP contribution in [-0.2, 0) is 14.6 Å². The van der Waals surface area contributed by atoms with Crippen LogP contribution in [0.25, 0.3) is 10.2 Å². The Hall–Kier alpha value is -2.27. The molecule has 156 valence electrons. The topological polar surface area (TPSA) is 99.7 Å². The molecule has 0 spiro atoms. The van der Waals surface area contributed by atoms with E-state index < -0.39 is 15.9 Å². The van der Waals surface area contributed by atoms with E-state index in [4.69, 9.17) is 0 Å². The Bertz CT molecular complexity index is 1040. The fraction of sp³-hybridized carbons (Fsp3) is 0.500. The first-order valence-corrected chi connectivity index (χ1v) is 12.1. The number of nitrogens with one attached hydrogen (secondary N) is 1. The third-order valence-corrected chi connectivity index (χ3v) is 7.79. The van der Waals surface area contributed by atoms with E-state index in [2.05, 4.69) is 10.3 Å². The zero-order chi connectivity index (χ0) is 20.6. The second-order valence-electron chi connectivity index (χ2n) is 7.25. The zero-order valence-corrected chi connectivity index (χ0v) is 17.3. The number of sulfone groups is 1. The summed E-state index contributed by atoms with van der Waals surface area (Å²) in [6.07, 6.45) is 2.15. The maximum absolute atomic E-state index is 13.4. The van der Waals surface area contributed by atoms with Gasteiger partial charge in [-0.3, -0.25) is 4.79 Å². The number of hydrogen-bond donors (Lipinski definition) is 1. The van der Waals surface area contributed by atoms with Crippen LogP contribution in [0.5, 0.6) is 0 Å². The number of carbonyl (C=O) groups is 2. The average Bonchev–Trinajstić information content (AvgIpc) is 3.08. The Balaban J connectivity index is 1.47. The van der Waals surface area contributed by atoms with Crippen molar-refractivity contribution in [1.82, 2.24) is 14.8 Å². The molecule has 2 saturated heterocycles. The fourth-order valence-corrected chi connectivity index (χ4v) is 5.75. The smallest absolute Gasteiger partial charge is 0.320 e. The lowest BCUT2D eigenvalue weighted by atomic mass is 10.0. The van der Waals surface area contributed by atoms with Crippen molar-refractivity contribution in [3.63, 3.8) is 0 Å². The van der Waals surface area contributed by atoms with Crippen LogP contribution in [0.2, 0.25) is 0 Å². The van der Waals surface area contributed by atoms with Gasteiger partial charge in [-0.1, -0.05) is 11.3 Å². The van der Waals surface area contributed by atoms with Crippen molar-refractivity contribution in [3.05, 3.63) is 24.0 Å². The van der Waals surface area contributed by atoms with Gasteiger partial charge in [0.25, 0.3) is 0 Å². The molecule has 0 saturated carbocycles. The summed E-state index contributed by atoms with van der Waals surface area (Å²) in [6, 6.07) is 3.29. The van der Waals surface area contributed by atoms with Crippen molar-refractivity contribution in [3.8, 4) is 0 Å². The third kappa shape index (κ3) is 4.35. The number of carbonyl (C=O) groups excluding carboxylic acids is 2. The Labute approximate surface area is 171 Å². The number of anilines is 1. The molecule has 1 aromatic heterocycles. The highest BCUT2D eigenvalue weighted by Gasteiger charge is 2.36. The third-order valence-electron chi connectivity index (χ3n) is 5.25. The molecule has 11 heteroatoms. The van der Waals surface area contributed by atoms with Gasteiger partial charge in [0.05, 0.1) is 21.7 Å². The van der Waals surface area contributed by atoms with Crippen LogP contribution in [0.4, 0.5) is 14.3 Å². The van der Waals surface area contributed by atoms with Crippen molar-refractivity contribution in [2.45, 2.75) is 25.3 Å². The number of thiazole rings is 1. The summed E-state index contributed by atoms with van der Waals surface area (Å²) >= 11 is 1.18.